The van der Waals surface area contributed by atoms with E-state index in [4.69, 9.17) is 18.9 Å². The molecule has 15 nitrogen and oxygen atoms in total. The van der Waals surface area contributed by atoms with Crippen LogP contribution in [-0.2, 0) is 20.2 Å². The number of anilines is 1. The van der Waals surface area contributed by atoms with Gasteiger partial charge in [-0.15, -0.1) is 0 Å². The summed E-state index contributed by atoms with van der Waals surface area (Å²) in [7, 11) is -2.79. The number of carbonyl (C=O) groups is 1. The van der Waals surface area contributed by atoms with E-state index in [0.29, 0.717) is 5.75 Å². The number of ether oxygens (including phenoxy) is 4. The van der Waals surface area contributed by atoms with Gasteiger partial charge < -0.3 is 18.9 Å². The van der Waals surface area contributed by atoms with E-state index in [-0.39, 0.29) is 76.0 Å². The summed E-state index contributed by atoms with van der Waals surface area (Å²) in [5, 5.41) is 10.9. The van der Waals surface area contributed by atoms with E-state index in [1.165, 1.54) is 55.9 Å². The first kappa shape index (κ1) is 36.1. The summed E-state index contributed by atoms with van der Waals surface area (Å²) in [5.74, 6) is -0.559. The average molecular weight is 715 g/mol. The van der Waals surface area contributed by atoms with Gasteiger partial charge in [-0.25, -0.2) is 23.4 Å². The maximum Gasteiger partial charge on any atom is 0.311 e. The fourth-order valence-corrected chi connectivity index (χ4v) is 5.55. The number of nitrogens with zero attached hydrogens (tertiary/aromatic N) is 5. The van der Waals surface area contributed by atoms with Crippen LogP contribution in [0, 0.1) is 10.1 Å². The highest BCUT2D eigenvalue weighted by Gasteiger charge is 2.26. The Balaban J connectivity index is 1.47. The standard InChI is InChI=1S/C35H34N6O9S/c1-35(2,3)23-12-18-26(19-13-23)51(45,46)40-31-30(50-28-10-6-5-9-27(28)47-4)34(39-33(38-31)32-36-20-8-21-37-32)48-22-7-11-29(42)49-25-16-14-24(15-17-25)41(43)44/h5-6,8-10,12-21H,7,11,22H2,1-4H3,(H,38,39,40). The maximum atomic E-state index is 13.8. The van der Waals surface area contributed by atoms with Gasteiger partial charge in [-0.1, -0.05) is 45.0 Å². The fourth-order valence-electron chi connectivity index (χ4n) is 4.54. The van der Waals surface area contributed by atoms with Gasteiger partial charge in [0.05, 0.1) is 23.5 Å². The quantitative estimate of drug-likeness (QED) is 0.0430. The van der Waals surface area contributed by atoms with Crippen LogP contribution >= 0.6 is 0 Å². The Kier molecular flexibility index (Phi) is 11.0. The number of rotatable bonds is 14. The molecule has 0 fully saturated rings. The monoisotopic (exact) mass is 714 g/mol. The van der Waals surface area contributed by atoms with Gasteiger partial charge in [0.2, 0.25) is 11.6 Å². The van der Waals surface area contributed by atoms with Crippen LogP contribution in [0.15, 0.2) is 96.2 Å². The zero-order chi connectivity index (χ0) is 36.6. The van der Waals surface area contributed by atoms with E-state index in [1.54, 1.807) is 42.5 Å². The van der Waals surface area contributed by atoms with Gasteiger partial charge in [0.15, 0.2) is 23.1 Å². The van der Waals surface area contributed by atoms with Crippen LogP contribution in [0.2, 0.25) is 0 Å². The first-order chi connectivity index (χ1) is 24.3. The molecule has 5 aromatic rings. The van der Waals surface area contributed by atoms with Crippen LogP contribution < -0.4 is 23.7 Å². The van der Waals surface area contributed by atoms with Crippen molar-refractivity contribution < 1.29 is 37.1 Å². The zero-order valence-electron chi connectivity index (χ0n) is 28.1. The Bertz CT molecular complexity index is 2110. The number of nitro benzene ring substituents is 1. The molecule has 0 aliphatic rings. The van der Waals surface area contributed by atoms with Crippen LogP contribution in [0.4, 0.5) is 11.5 Å². The number of nitro groups is 1. The molecule has 5 rings (SSSR count). The number of methoxy groups -OCH3 is 1. The number of esters is 1. The second-order valence-electron chi connectivity index (χ2n) is 11.9. The third-order valence-electron chi connectivity index (χ3n) is 7.19. The van der Waals surface area contributed by atoms with E-state index in [9.17, 15) is 23.3 Å². The summed E-state index contributed by atoms with van der Waals surface area (Å²) in [5.41, 5.74) is 0.607. The zero-order valence-corrected chi connectivity index (χ0v) is 28.9. The van der Waals surface area contributed by atoms with Crippen molar-refractivity contribution in [3.8, 4) is 40.5 Å². The Morgan fingerprint density at radius 3 is 2.18 bits per heavy atom. The van der Waals surface area contributed by atoms with Crippen LogP contribution in [0.3, 0.4) is 0 Å². The lowest BCUT2D eigenvalue weighted by Gasteiger charge is -2.20. The molecule has 0 atom stereocenters. The Morgan fingerprint density at radius 2 is 1.55 bits per heavy atom. The van der Waals surface area contributed by atoms with Gasteiger partial charge >= 0.3 is 5.97 Å². The molecule has 0 radical (unpaired) electrons. The SMILES string of the molecule is COc1ccccc1Oc1c(NS(=O)(=O)c2ccc(C(C)(C)C)cc2)nc(-c2ncccn2)nc1OCCCC(=O)Oc1ccc([N+](=O)[O-])cc1. The van der Waals surface area contributed by atoms with Crippen molar-refractivity contribution in [2.75, 3.05) is 18.4 Å². The van der Waals surface area contributed by atoms with Crippen molar-refractivity contribution in [3.63, 3.8) is 0 Å². The molecular weight excluding hydrogens is 680 g/mol. The molecule has 2 aromatic heterocycles. The molecule has 2 heterocycles. The van der Waals surface area contributed by atoms with Gasteiger partial charge in [-0.3, -0.25) is 19.6 Å². The number of sulfonamides is 1. The van der Waals surface area contributed by atoms with Crippen molar-refractivity contribution in [1.82, 2.24) is 19.9 Å². The Labute approximate surface area is 293 Å². The highest BCUT2D eigenvalue weighted by molar-refractivity contribution is 7.92. The second kappa shape index (κ2) is 15.6. The van der Waals surface area contributed by atoms with E-state index in [0.717, 1.165) is 5.56 Å². The van der Waals surface area contributed by atoms with Crippen LogP contribution in [0.5, 0.6) is 28.9 Å². The minimum absolute atomic E-state index is 0.0242. The summed E-state index contributed by atoms with van der Waals surface area (Å²) in [6.07, 6.45) is 3.00. The van der Waals surface area contributed by atoms with Crippen LogP contribution in [0.1, 0.15) is 39.2 Å². The number of hydrogen-bond donors (Lipinski definition) is 1. The minimum atomic E-state index is -4.24. The third-order valence-corrected chi connectivity index (χ3v) is 8.54. The molecule has 264 valence electrons. The van der Waals surface area contributed by atoms with Gasteiger partial charge in [0.25, 0.3) is 21.6 Å². The second-order valence-corrected chi connectivity index (χ2v) is 13.6. The molecule has 0 aliphatic heterocycles. The molecular formula is C35H34N6O9S. The van der Waals surface area contributed by atoms with Crippen molar-refractivity contribution >= 4 is 27.5 Å². The summed E-state index contributed by atoms with van der Waals surface area (Å²) in [6.45, 7) is 5.97. The summed E-state index contributed by atoms with van der Waals surface area (Å²) < 4.78 is 53.0. The molecule has 16 heteroatoms. The van der Waals surface area contributed by atoms with Crippen LogP contribution in [-0.4, -0.2) is 53.0 Å². The normalized spacial score (nSPS) is 11.4. The number of nitrogens with one attached hydrogen (secondary N) is 1. The van der Waals surface area contributed by atoms with Crippen molar-refractivity contribution in [2.45, 2.75) is 43.9 Å². The molecule has 51 heavy (non-hydrogen) atoms. The maximum absolute atomic E-state index is 13.8. The van der Waals surface area contributed by atoms with E-state index in [1.807, 2.05) is 20.8 Å². The van der Waals surface area contributed by atoms with Gasteiger partial charge in [-0.2, -0.15) is 4.98 Å². The summed E-state index contributed by atoms with van der Waals surface area (Å²) >= 11 is 0. The largest absolute Gasteiger partial charge is 0.493 e. The highest BCUT2D eigenvalue weighted by Crippen LogP contribution is 2.41. The molecule has 0 amide bonds. The fraction of sp³-hybridized carbons (Fsp3) is 0.229. The van der Waals surface area contributed by atoms with Gasteiger partial charge in [0, 0.05) is 30.9 Å². The first-order valence-electron chi connectivity index (χ1n) is 15.6. The predicted molar refractivity (Wildman–Crippen MR) is 186 cm³/mol. The van der Waals surface area contributed by atoms with E-state index in [2.05, 4.69) is 24.7 Å². The molecule has 0 aliphatic carbocycles. The molecule has 0 bridgehead atoms. The Morgan fingerprint density at radius 1 is 0.882 bits per heavy atom. The van der Waals surface area contributed by atoms with Gasteiger partial charge in [-0.05, 0) is 59.9 Å². The molecule has 0 saturated heterocycles. The topological polar surface area (TPSA) is 195 Å². The molecule has 0 saturated carbocycles. The van der Waals surface area contributed by atoms with E-state index >= 15 is 0 Å². The number of para-hydroxylation sites is 2. The van der Waals surface area contributed by atoms with E-state index < -0.39 is 20.9 Å². The number of benzene rings is 3. The van der Waals surface area contributed by atoms with Gasteiger partial charge in [0.1, 0.15) is 5.75 Å². The molecule has 1 N–H and O–H groups in total. The summed E-state index contributed by atoms with van der Waals surface area (Å²) in [4.78, 5) is 40.2. The van der Waals surface area contributed by atoms with Crippen molar-refractivity contribution in [3.05, 3.63) is 107 Å². The minimum Gasteiger partial charge on any atom is -0.493 e. The lowest BCUT2D eigenvalue weighted by atomic mass is 9.87. The lowest BCUT2D eigenvalue weighted by Crippen LogP contribution is -2.17. The summed E-state index contributed by atoms with van der Waals surface area (Å²) in [6, 6.07) is 19.9. The molecule has 3 aromatic carbocycles. The number of aromatic nitrogens is 4. The molecule has 0 unspecified atom stereocenters. The smallest absolute Gasteiger partial charge is 0.311 e. The first-order valence-corrected chi connectivity index (χ1v) is 17.0. The average Bonchev–Trinajstić information content (AvgIpc) is 3.11. The van der Waals surface area contributed by atoms with Crippen molar-refractivity contribution in [1.29, 1.82) is 0 Å². The number of carbonyl (C=O) groups excluding carboxylic acids is 1. The van der Waals surface area contributed by atoms with Crippen LogP contribution in [0.25, 0.3) is 11.6 Å². The highest BCUT2D eigenvalue weighted by atomic mass is 32.2. The Hall–Kier alpha value is -6.16. The molecule has 0 spiro atoms. The number of hydrogen-bond acceptors (Lipinski definition) is 13. The third kappa shape index (κ3) is 9.30. The van der Waals surface area contributed by atoms with Crippen molar-refractivity contribution in [2.24, 2.45) is 0 Å². The number of non-ortho nitro benzene ring substituents is 1. The predicted octanol–water partition coefficient (Wildman–Crippen LogP) is 6.51. The lowest BCUT2D eigenvalue weighted by molar-refractivity contribution is -0.384.